The molecule has 0 bridgehead atoms. The molecular weight excluding hydrogens is 566 g/mol. The van der Waals surface area contributed by atoms with Gasteiger partial charge in [-0.25, -0.2) is 0 Å². The molecule has 3 aromatic rings. The van der Waals surface area contributed by atoms with Crippen molar-refractivity contribution in [2.75, 3.05) is 11.9 Å². The summed E-state index contributed by atoms with van der Waals surface area (Å²) in [7, 11) is 0. The first-order valence-electron chi connectivity index (χ1n) is 9.68. The molecule has 0 fully saturated rings. The molecule has 0 aliphatic carbocycles. The molecule has 1 aliphatic rings. The van der Waals surface area contributed by atoms with Gasteiger partial charge in [0.25, 0.3) is 5.91 Å². The second-order valence-electron chi connectivity index (χ2n) is 6.58. The van der Waals surface area contributed by atoms with Crippen molar-refractivity contribution in [3.8, 4) is 0 Å². The first-order chi connectivity index (χ1) is 13.5. The average Bonchev–Trinajstić information content (AvgIpc) is 3.30. The van der Waals surface area contributed by atoms with Crippen LogP contribution in [-0.2, 0) is 26.5 Å². The Bertz CT molecular complexity index is 1020. The molecule has 0 atom stereocenters. The fraction of sp³-hybridized carbons (Fsp3) is 0.348. The summed E-state index contributed by atoms with van der Waals surface area (Å²) in [5.74, 6) is -0.415. The summed E-state index contributed by atoms with van der Waals surface area (Å²) in [4.78, 5) is 28.6. The predicted octanol–water partition coefficient (Wildman–Crippen LogP) is 6.64. The van der Waals surface area contributed by atoms with Crippen LogP contribution in [0.4, 0.5) is 11.4 Å². The minimum atomic E-state index is -0.415. The van der Waals surface area contributed by atoms with E-state index < -0.39 is 5.91 Å². The van der Waals surface area contributed by atoms with Gasteiger partial charge in [0.05, 0.1) is 5.39 Å². The van der Waals surface area contributed by atoms with Crippen molar-refractivity contribution in [3.05, 3.63) is 69.9 Å². The maximum Gasteiger partial charge on any atom is 2.00 e. The number of benzene rings is 1. The van der Waals surface area contributed by atoms with E-state index >= 15 is 0 Å². The SMILES string of the molecule is CC.CC.CC1(C)C[N-]c2cc(NC(=O)c3c[nH]c4sccc4c3=O)ccc21.[CH3-].[W+2]. The van der Waals surface area contributed by atoms with Crippen LogP contribution in [-0.4, -0.2) is 17.4 Å². The number of nitrogens with zero attached hydrogens (tertiary/aromatic N) is 1. The van der Waals surface area contributed by atoms with Gasteiger partial charge in [-0.1, -0.05) is 59.2 Å². The zero-order valence-electron chi connectivity index (χ0n) is 18.8. The Kier molecular flexibility index (Phi) is 11.3. The van der Waals surface area contributed by atoms with Crippen molar-refractivity contribution in [2.24, 2.45) is 0 Å². The van der Waals surface area contributed by atoms with Gasteiger partial charge in [-0.05, 0) is 22.9 Å². The average molecular weight is 597 g/mol. The Morgan fingerprint density at radius 3 is 2.50 bits per heavy atom. The topological polar surface area (TPSA) is 76.1 Å². The van der Waals surface area contributed by atoms with Crippen LogP contribution in [0.15, 0.2) is 40.6 Å². The first-order valence-corrected chi connectivity index (χ1v) is 10.6. The van der Waals surface area contributed by atoms with Crippen molar-refractivity contribution in [3.63, 3.8) is 0 Å². The van der Waals surface area contributed by atoms with Crippen LogP contribution in [0.25, 0.3) is 15.5 Å². The van der Waals surface area contributed by atoms with Gasteiger partial charge in [-0.3, -0.25) is 9.59 Å². The van der Waals surface area contributed by atoms with Crippen LogP contribution in [0.5, 0.6) is 0 Å². The number of pyridine rings is 1. The molecule has 3 heterocycles. The second kappa shape index (κ2) is 12.1. The number of carbonyl (C=O) groups excluding carboxylic acids is 1. The maximum atomic E-state index is 12.5. The molecule has 0 unspecified atom stereocenters. The Labute approximate surface area is 198 Å². The second-order valence-corrected chi connectivity index (χ2v) is 7.50. The van der Waals surface area contributed by atoms with Gasteiger partial charge in [-0.2, -0.15) is 0 Å². The molecule has 0 saturated carbocycles. The molecule has 2 aromatic heterocycles. The number of anilines is 1. The van der Waals surface area contributed by atoms with Crippen molar-refractivity contribution in [1.82, 2.24) is 4.98 Å². The summed E-state index contributed by atoms with van der Waals surface area (Å²) >= 11 is 1.44. The largest absolute Gasteiger partial charge is 2.00 e. The first kappa shape index (κ1) is 28.1. The number of nitrogens with one attached hydrogen (secondary N) is 2. The van der Waals surface area contributed by atoms with Crippen LogP contribution in [0.2, 0.25) is 0 Å². The molecule has 1 aliphatic heterocycles. The Morgan fingerprint density at radius 2 is 1.83 bits per heavy atom. The molecule has 4 rings (SSSR count). The van der Waals surface area contributed by atoms with E-state index in [1.165, 1.54) is 23.1 Å². The van der Waals surface area contributed by atoms with Gasteiger partial charge >= 0.3 is 21.1 Å². The van der Waals surface area contributed by atoms with Crippen LogP contribution >= 0.6 is 11.3 Å². The van der Waals surface area contributed by atoms with E-state index in [1.807, 2.05) is 51.3 Å². The third kappa shape index (κ3) is 5.61. The molecule has 1 aromatic carbocycles. The number of thiophene rings is 1. The zero-order valence-corrected chi connectivity index (χ0v) is 22.5. The maximum absolute atomic E-state index is 12.5. The number of hydrogen-bond donors (Lipinski definition) is 2. The standard InChI is InChI=1S/C18H16N3O2S.2C2H6.CH3.W/c1-18(2)9-20-14-7-10(3-4-13(14)18)21-16(23)12-8-19-17-11(15(12)22)5-6-24-17;2*1-2;;/h3-8H,9H2,1-2H3,(H2,19,21,22,23);2*1-2H3;1H3;/q-1;;;-1;+2. The number of aromatic nitrogens is 1. The molecule has 7 heteroatoms. The van der Waals surface area contributed by atoms with Crippen molar-refractivity contribution >= 4 is 38.8 Å². The number of H-pyrrole nitrogens is 1. The molecule has 2 N–H and O–H groups in total. The fourth-order valence-corrected chi connectivity index (χ4v) is 3.75. The third-order valence-corrected chi connectivity index (χ3v) is 5.22. The quantitative estimate of drug-likeness (QED) is 0.325. The van der Waals surface area contributed by atoms with E-state index in [-0.39, 0.29) is 44.9 Å². The molecule has 162 valence electrons. The number of rotatable bonds is 2. The Balaban J connectivity index is 0.00000133. The predicted molar refractivity (Wildman–Crippen MR) is 127 cm³/mol. The van der Waals surface area contributed by atoms with Crippen molar-refractivity contribution in [2.45, 2.75) is 47.0 Å². The van der Waals surface area contributed by atoms with Crippen LogP contribution < -0.4 is 10.7 Å². The van der Waals surface area contributed by atoms with E-state index in [4.69, 9.17) is 0 Å². The van der Waals surface area contributed by atoms with E-state index in [1.54, 1.807) is 6.07 Å². The third-order valence-electron chi connectivity index (χ3n) is 4.38. The van der Waals surface area contributed by atoms with Crippen molar-refractivity contribution < 1.29 is 25.9 Å². The summed E-state index contributed by atoms with van der Waals surface area (Å²) in [5, 5.41) is 9.69. The molecular formula is C23H31N3O2SW. The molecule has 30 heavy (non-hydrogen) atoms. The summed E-state index contributed by atoms with van der Waals surface area (Å²) in [6.45, 7) is 13.0. The molecule has 0 spiro atoms. The van der Waals surface area contributed by atoms with Gasteiger partial charge in [-0.15, -0.1) is 23.6 Å². The number of carbonyl (C=O) groups is 1. The summed E-state index contributed by atoms with van der Waals surface area (Å²) < 4.78 is 0. The van der Waals surface area contributed by atoms with Gasteiger partial charge in [0.2, 0.25) is 5.43 Å². The zero-order chi connectivity index (χ0) is 20.9. The summed E-state index contributed by atoms with van der Waals surface area (Å²) in [6.07, 6.45) is 1.47. The normalized spacial score (nSPS) is 12.5. The number of aromatic amines is 1. The molecule has 0 saturated heterocycles. The minimum absolute atomic E-state index is 0. The fourth-order valence-electron chi connectivity index (χ4n) is 3.00. The van der Waals surface area contributed by atoms with Crippen molar-refractivity contribution in [1.29, 1.82) is 0 Å². The van der Waals surface area contributed by atoms with E-state index in [2.05, 4.69) is 29.5 Å². The monoisotopic (exact) mass is 597 g/mol. The van der Waals surface area contributed by atoms with Crippen LogP contribution in [0.1, 0.15) is 57.5 Å². The van der Waals surface area contributed by atoms with Gasteiger partial charge in [0.1, 0.15) is 10.4 Å². The smallest absolute Gasteiger partial charge is 0.683 e. The summed E-state index contributed by atoms with van der Waals surface area (Å²) in [5.41, 5.74) is 2.61. The minimum Gasteiger partial charge on any atom is -0.683 e. The van der Waals surface area contributed by atoms with Gasteiger partial charge in [0, 0.05) is 11.9 Å². The van der Waals surface area contributed by atoms with E-state index in [0.717, 1.165) is 17.1 Å². The molecule has 1 amide bonds. The number of hydrogen-bond acceptors (Lipinski definition) is 3. The Hall–Kier alpha value is -1.91. The number of fused-ring (bicyclic) bond motifs is 2. The van der Waals surface area contributed by atoms with Gasteiger partial charge in [0.15, 0.2) is 0 Å². The van der Waals surface area contributed by atoms with Crippen LogP contribution in [0.3, 0.4) is 0 Å². The molecule has 0 radical (unpaired) electrons. The van der Waals surface area contributed by atoms with Crippen LogP contribution in [0, 0.1) is 7.43 Å². The van der Waals surface area contributed by atoms with E-state index in [0.29, 0.717) is 11.1 Å². The van der Waals surface area contributed by atoms with Gasteiger partial charge < -0.3 is 23.0 Å². The Morgan fingerprint density at radius 1 is 1.17 bits per heavy atom. The molecule has 5 nitrogen and oxygen atoms in total. The summed E-state index contributed by atoms with van der Waals surface area (Å²) in [6, 6.07) is 7.44. The number of amides is 1. The van der Waals surface area contributed by atoms with E-state index in [9.17, 15) is 9.59 Å².